The van der Waals surface area contributed by atoms with Crippen LogP contribution in [0.5, 0.6) is 0 Å². The first-order chi connectivity index (χ1) is 15.4. The summed E-state index contributed by atoms with van der Waals surface area (Å²) < 4.78 is 11.1. The van der Waals surface area contributed by atoms with Crippen molar-refractivity contribution in [3.05, 3.63) is 51.8 Å². The summed E-state index contributed by atoms with van der Waals surface area (Å²) in [5, 5.41) is 15.8. The van der Waals surface area contributed by atoms with E-state index in [-0.39, 0.29) is 46.3 Å². The number of pyridine rings is 1. The van der Waals surface area contributed by atoms with Gasteiger partial charge in [-0.05, 0) is 31.5 Å². The minimum Gasteiger partial charge on any atom is -0.372 e. The third-order valence-corrected chi connectivity index (χ3v) is 5.47. The van der Waals surface area contributed by atoms with E-state index in [0.717, 1.165) is 5.56 Å². The lowest BCUT2D eigenvalue weighted by Gasteiger charge is -2.37. The molecule has 1 aliphatic heterocycles. The monoisotopic (exact) mass is 453 g/mol. The normalized spacial score (nSPS) is 18.4. The maximum atomic E-state index is 12.7. The van der Waals surface area contributed by atoms with Gasteiger partial charge in [0.05, 0.1) is 29.5 Å². The Morgan fingerprint density at radius 1 is 1.38 bits per heavy atom. The number of nitriles is 1. The molecule has 0 unspecified atom stereocenters. The quantitative estimate of drug-likeness (QED) is 0.585. The second kappa shape index (κ2) is 8.94. The van der Waals surface area contributed by atoms with E-state index in [2.05, 4.69) is 21.5 Å². The Labute approximate surface area is 188 Å². The number of rotatable bonds is 5. The Morgan fingerprint density at radius 2 is 2.12 bits per heavy atom. The summed E-state index contributed by atoms with van der Waals surface area (Å²) >= 11 is 6.60. The lowest BCUT2D eigenvalue weighted by Crippen LogP contribution is -2.46. The molecule has 3 aromatic rings. The van der Waals surface area contributed by atoms with E-state index in [1.54, 1.807) is 24.3 Å². The standard InChI is InChI=1S/C22H20ClN5O4/c1-12-9-28(10-13(2)31-12)20-16(11-29)26-18-19(27-32-21(18)17(20)23)22(30)25-8-15-5-3-4-14(6-15)7-24/h3-6,11-13H,8-10H2,1-2H3,(H,25,30)/t12-,13+. The summed E-state index contributed by atoms with van der Waals surface area (Å²) in [4.78, 5) is 30.9. The molecule has 0 bridgehead atoms. The number of hydrogen-bond acceptors (Lipinski definition) is 8. The van der Waals surface area contributed by atoms with Crippen LogP contribution in [-0.4, -0.2) is 47.6 Å². The molecule has 2 aromatic heterocycles. The molecule has 2 atom stereocenters. The van der Waals surface area contributed by atoms with Gasteiger partial charge in [0.1, 0.15) is 16.2 Å². The summed E-state index contributed by atoms with van der Waals surface area (Å²) in [6.07, 6.45) is 0.495. The zero-order valence-electron chi connectivity index (χ0n) is 17.5. The molecular weight excluding hydrogens is 434 g/mol. The number of carbonyl (C=O) groups is 2. The molecule has 0 saturated carbocycles. The number of morpholine rings is 1. The first-order valence-electron chi connectivity index (χ1n) is 10.0. The van der Waals surface area contributed by atoms with Crippen molar-refractivity contribution >= 4 is 40.6 Å². The highest BCUT2D eigenvalue weighted by atomic mass is 35.5. The predicted octanol–water partition coefficient (Wildman–Crippen LogP) is 3.10. The van der Waals surface area contributed by atoms with Crippen LogP contribution in [0.2, 0.25) is 5.02 Å². The molecule has 0 aliphatic carbocycles. The molecule has 10 heteroatoms. The van der Waals surface area contributed by atoms with E-state index in [1.807, 2.05) is 18.7 Å². The Balaban J connectivity index is 1.64. The minimum atomic E-state index is -0.534. The third-order valence-electron chi connectivity index (χ3n) is 5.12. The SMILES string of the molecule is C[C@@H]1CN(c2c(C=O)nc3c(C(=O)NCc4cccc(C#N)c4)noc3c2Cl)C[C@H](C)O1. The Morgan fingerprint density at radius 3 is 2.81 bits per heavy atom. The van der Waals surface area contributed by atoms with E-state index in [1.165, 1.54) is 0 Å². The lowest BCUT2D eigenvalue weighted by molar-refractivity contribution is -0.00526. The number of fused-ring (bicyclic) bond motifs is 1. The molecule has 1 saturated heterocycles. The fraction of sp³-hybridized carbons (Fsp3) is 0.318. The number of nitrogens with one attached hydrogen (secondary N) is 1. The fourth-order valence-electron chi connectivity index (χ4n) is 3.84. The van der Waals surface area contributed by atoms with Crippen molar-refractivity contribution in [3.8, 4) is 6.07 Å². The van der Waals surface area contributed by atoms with Crippen LogP contribution < -0.4 is 10.2 Å². The maximum Gasteiger partial charge on any atom is 0.276 e. The number of carbonyl (C=O) groups excluding carboxylic acids is 2. The number of ether oxygens (including phenoxy) is 1. The number of amides is 1. The summed E-state index contributed by atoms with van der Waals surface area (Å²) in [7, 11) is 0. The summed E-state index contributed by atoms with van der Waals surface area (Å²) in [5.74, 6) is -0.534. The summed E-state index contributed by atoms with van der Waals surface area (Å²) in [5.41, 5.74) is 1.95. The molecule has 1 N–H and O–H groups in total. The van der Waals surface area contributed by atoms with Crippen molar-refractivity contribution < 1.29 is 18.8 Å². The number of aromatic nitrogens is 2. The number of nitrogens with zero attached hydrogens (tertiary/aromatic N) is 4. The highest BCUT2D eigenvalue weighted by molar-refractivity contribution is 6.38. The molecule has 1 aliphatic rings. The van der Waals surface area contributed by atoms with E-state index in [4.69, 9.17) is 26.1 Å². The van der Waals surface area contributed by atoms with Crippen LogP contribution in [-0.2, 0) is 11.3 Å². The van der Waals surface area contributed by atoms with Crippen LogP contribution >= 0.6 is 11.6 Å². The molecule has 9 nitrogen and oxygen atoms in total. The number of aldehydes is 1. The van der Waals surface area contributed by atoms with Gasteiger partial charge in [0.2, 0.25) is 5.58 Å². The van der Waals surface area contributed by atoms with Gasteiger partial charge in [-0.25, -0.2) is 4.98 Å². The molecule has 1 aromatic carbocycles. The molecule has 0 radical (unpaired) electrons. The van der Waals surface area contributed by atoms with Crippen molar-refractivity contribution in [1.29, 1.82) is 5.26 Å². The van der Waals surface area contributed by atoms with Crippen LogP contribution in [0, 0.1) is 11.3 Å². The molecule has 1 fully saturated rings. The van der Waals surface area contributed by atoms with E-state index >= 15 is 0 Å². The summed E-state index contributed by atoms with van der Waals surface area (Å²) in [6, 6.07) is 8.93. The van der Waals surface area contributed by atoms with Crippen LogP contribution in [0.15, 0.2) is 28.8 Å². The predicted molar refractivity (Wildman–Crippen MR) is 117 cm³/mol. The van der Waals surface area contributed by atoms with Gasteiger partial charge in [-0.3, -0.25) is 9.59 Å². The first-order valence-corrected chi connectivity index (χ1v) is 10.4. The molecule has 4 rings (SSSR count). The van der Waals surface area contributed by atoms with Gasteiger partial charge in [0.15, 0.2) is 12.0 Å². The van der Waals surface area contributed by atoms with Gasteiger partial charge in [-0.1, -0.05) is 28.9 Å². The fourth-order valence-corrected chi connectivity index (χ4v) is 4.18. The van der Waals surface area contributed by atoms with Crippen molar-refractivity contribution in [2.45, 2.75) is 32.6 Å². The van der Waals surface area contributed by atoms with Crippen LogP contribution in [0.1, 0.15) is 46.0 Å². The van der Waals surface area contributed by atoms with Crippen LogP contribution in [0.25, 0.3) is 11.1 Å². The molecule has 0 spiro atoms. The highest BCUT2D eigenvalue weighted by Crippen LogP contribution is 2.37. The second-order valence-electron chi connectivity index (χ2n) is 7.64. The summed E-state index contributed by atoms with van der Waals surface area (Å²) in [6.45, 7) is 5.11. The third kappa shape index (κ3) is 4.15. The van der Waals surface area contributed by atoms with Gasteiger partial charge in [0, 0.05) is 19.6 Å². The van der Waals surface area contributed by atoms with Gasteiger partial charge in [-0.2, -0.15) is 5.26 Å². The van der Waals surface area contributed by atoms with Gasteiger partial charge in [-0.15, -0.1) is 0 Å². The average Bonchev–Trinajstić information content (AvgIpc) is 3.21. The van der Waals surface area contributed by atoms with Crippen LogP contribution in [0.4, 0.5) is 5.69 Å². The van der Waals surface area contributed by atoms with E-state index in [0.29, 0.717) is 30.6 Å². The number of halogens is 1. The van der Waals surface area contributed by atoms with E-state index < -0.39 is 5.91 Å². The highest BCUT2D eigenvalue weighted by Gasteiger charge is 2.30. The maximum absolute atomic E-state index is 12.7. The van der Waals surface area contributed by atoms with Crippen molar-refractivity contribution in [2.24, 2.45) is 0 Å². The minimum absolute atomic E-state index is 0.0550. The number of anilines is 1. The second-order valence-corrected chi connectivity index (χ2v) is 8.02. The smallest absolute Gasteiger partial charge is 0.276 e. The Hall–Kier alpha value is -3.48. The van der Waals surface area contributed by atoms with Crippen molar-refractivity contribution in [3.63, 3.8) is 0 Å². The average molecular weight is 454 g/mol. The molecule has 32 heavy (non-hydrogen) atoms. The lowest BCUT2D eigenvalue weighted by atomic mass is 10.1. The largest absolute Gasteiger partial charge is 0.372 e. The molecule has 1 amide bonds. The molecule has 164 valence electrons. The molecular formula is C22H20ClN5O4. The zero-order chi connectivity index (χ0) is 22.8. The molecule has 3 heterocycles. The number of benzene rings is 1. The van der Waals surface area contributed by atoms with Crippen molar-refractivity contribution in [2.75, 3.05) is 18.0 Å². The first kappa shape index (κ1) is 21.7. The van der Waals surface area contributed by atoms with Crippen LogP contribution in [0.3, 0.4) is 0 Å². The van der Waals surface area contributed by atoms with Gasteiger partial charge in [0.25, 0.3) is 5.91 Å². The van der Waals surface area contributed by atoms with Gasteiger partial charge < -0.3 is 19.5 Å². The van der Waals surface area contributed by atoms with E-state index in [9.17, 15) is 9.59 Å². The Bertz CT molecular complexity index is 1230. The zero-order valence-corrected chi connectivity index (χ0v) is 18.2. The topological polar surface area (TPSA) is 121 Å². The van der Waals surface area contributed by atoms with Gasteiger partial charge >= 0.3 is 0 Å². The van der Waals surface area contributed by atoms with Crippen molar-refractivity contribution in [1.82, 2.24) is 15.5 Å². The Kier molecular flexibility index (Phi) is 6.08. The number of hydrogen-bond donors (Lipinski definition) is 1.